The van der Waals surface area contributed by atoms with Gasteiger partial charge in [-0.3, -0.25) is 4.79 Å². The Morgan fingerprint density at radius 3 is 2.76 bits per heavy atom. The van der Waals surface area contributed by atoms with Crippen molar-refractivity contribution in [2.75, 3.05) is 19.6 Å². The molecule has 0 aromatic rings. The molecular formula is C16H30N2O3. The molecule has 1 rings (SSSR count). The van der Waals surface area contributed by atoms with Gasteiger partial charge in [0.2, 0.25) is 0 Å². The monoisotopic (exact) mass is 298 g/mol. The van der Waals surface area contributed by atoms with Crippen LogP contribution in [-0.4, -0.2) is 41.6 Å². The van der Waals surface area contributed by atoms with E-state index in [0.29, 0.717) is 12.5 Å². The molecule has 21 heavy (non-hydrogen) atoms. The van der Waals surface area contributed by atoms with Crippen molar-refractivity contribution in [3.8, 4) is 0 Å². The van der Waals surface area contributed by atoms with Gasteiger partial charge < -0.3 is 15.3 Å². The average molecular weight is 298 g/mol. The number of carboxylic acids is 1. The van der Waals surface area contributed by atoms with Gasteiger partial charge in [0.1, 0.15) is 0 Å². The van der Waals surface area contributed by atoms with Gasteiger partial charge in [0.25, 0.3) is 0 Å². The molecule has 122 valence electrons. The van der Waals surface area contributed by atoms with Crippen molar-refractivity contribution in [2.24, 2.45) is 11.8 Å². The standard InChI is InChI=1S/C16H30N2O3/c1-3-5-7-13(4-2)11-17-16(21)18-9-6-8-14(12-18)10-15(19)20/h13-14H,3-12H2,1-2H3,(H,17,21)(H,19,20). The number of nitrogens with zero attached hydrogens (tertiary/aromatic N) is 1. The highest BCUT2D eigenvalue weighted by Crippen LogP contribution is 2.19. The first-order chi connectivity index (χ1) is 10.1. The van der Waals surface area contributed by atoms with Gasteiger partial charge in [0, 0.05) is 26.1 Å². The number of hydrogen-bond donors (Lipinski definition) is 2. The molecule has 0 aromatic carbocycles. The predicted octanol–water partition coefficient (Wildman–Crippen LogP) is 3.10. The summed E-state index contributed by atoms with van der Waals surface area (Å²) in [4.78, 5) is 24.8. The molecule has 1 heterocycles. The molecular weight excluding hydrogens is 268 g/mol. The maximum atomic E-state index is 12.2. The second kappa shape index (κ2) is 9.64. The minimum atomic E-state index is -0.770. The molecule has 0 aromatic heterocycles. The van der Waals surface area contributed by atoms with Crippen molar-refractivity contribution >= 4 is 12.0 Å². The van der Waals surface area contributed by atoms with Gasteiger partial charge in [0.05, 0.1) is 0 Å². The van der Waals surface area contributed by atoms with Crippen molar-refractivity contribution in [2.45, 2.75) is 58.8 Å². The highest BCUT2D eigenvalue weighted by Gasteiger charge is 2.25. The number of rotatable bonds is 8. The van der Waals surface area contributed by atoms with E-state index in [4.69, 9.17) is 5.11 Å². The van der Waals surface area contributed by atoms with E-state index in [0.717, 1.165) is 38.8 Å². The van der Waals surface area contributed by atoms with E-state index in [1.54, 1.807) is 4.90 Å². The molecule has 0 aliphatic carbocycles. The molecule has 5 nitrogen and oxygen atoms in total. The van der Waals surface area contributed by atoms with Gasteiger partial charge in [0.15, 0.2) is 0 Å². The molecule has 0 radical (unpaired) electrons. The van der Waals surface area contributed by atoms with Gasteiger partial charge in [-0.1, -0.05) is 33.1 Å². The van der Waals surface area contributed by atoms with E-state index >= 15 is 0 Å². The number of aliphatic carboxylic acids is 1. The Bertz CT molecular complexity index is 333. The van der Waals surface area contributed by atoms with Crippen molar-refractivity contribution in [1.29, 1.82) is 0 Å². The van der Waals surface area contributed by atoms with Crippen LogP contribution in [-0.2, 0) is 4.79 Å². The lowest BCUT2D eigenvalue weighted by molar-refractivity contribution is -0.138. The van der Waals surface area contributed by atoms with Gasteiger partial charge in [-0.05, 0) is 31.1 Å². The summed E-state index contributed by atoms with van der Waals surface area (Å²) in [6, 6.07) is -0.0277. The van der Waals surface area contributed by atoms with Crippen LogP contribution in [0.5, 0.6) is 0 Å². The van der Waals surface area contributed by atoms with E-state index in [2.05, 4.69) is 19.2 Å². The van der Waals surface area contributed by atoms with E-state index in [1.165, 1.54) is 12.8 Å². The van der Waals surface area contributed by atoms with Crippen LogP contribution in [0.2, 0.25) is 0 Å². The van der Waals surface area contributed by atoms with Crippen LogP contribution in [0.15, 0.2) is 0 Å². The molecule has 2 N–H and O–H groups in total. The minimum Gasteiger partial charge on any atom is -0.481 e. The number of carbonyl (C=O) groups is 2. The van der Waals surface area contributed by atoms with Crippen molar-refractivity contribution < 1.29 is 14.7 Å². The summed E-state index contributed by atoms with van der Waals surface area (Å²) < 4.78 is 0. The van der Waals surface area contributed by atoms with Crippen LogP contribution in [0.3, 0.4) is 0 Å². The molecule has 1 aliphatic rings. The van der Waals surface area contributed by atoms with Gasteiger partial charge in [-0.15, -0.1) is 0 Å². The van der Waals surface area contributed by atoms with E-state index in [-0.39, 0.29) is 18.4 Å². The van der Waals surface area contributed by atoms with Crippen molar-refractivity contribution in [3.63, 3.8) is 0 Å². The van der Waals surface area contributed by atoms with E-state index in [9.17, 15) is 9.59 Å². The van der Waals surface area contributed by atoms with Crippen LogP contribution in [0.4, 0.5) is 4.79 Å². The Morgan fingerprint density at radius 1 is 1.38 bits per heavy atom. The van der Waals surface area contributed by atoms with Gasteiger partial charge in [-0.25, -0.2) is 4.79 Å². The number of nitrogens with one attached hydrogen (secondary N) is 1. The van der Waals surface area contributed by atoms with Crippen LogP contribution >= 0.6 is 0 Å². The minimum absolute atomic E-state index is 0.0277. The van der Waals surface area contributed by atoms with Crippen LogP contribution in [0.25, 0.3) is 0 Å². The van der Waals surface area contributed by atoms with E-state index in [1.807, 2.05) is 0 Å². The Hall–Kier alpha value is -1.26. The lowest BCUT2D eigenvalue weighted by atomic mass is 9.95. The molecule has 5 heteroatoms. The number of hydrogen-bond acceptors (Lipinski definition) is 2. The lowest BCUT2D eigenvalue weighted by Crippen LogP contribution is -2.46. The normalized spacial score (nSPS) is 20.1. The lowest BCUT2D eigenvalue weighted by Gasteiger charge is -2.32. The zero-order valence-corrected chi connectivity index (χ0v) is 13.4. The third-order valence-corrected chi connectivity index (χ3v) is 4.35. The molecule has 2 amide bonds. The summed E-state index contributed by atoms with van der Waals surface area (Å²) in [5.41, 5.74) is 0. The zero-order chi connectivity index (χ0) is 15.7. The molecule has 1 fully saturated rings. The second-order valence-electron chi connectivity index (χ2n) is 6.15. The Balaban J connectivity index is 2.34. The largest absolute Gasteiger partial charge is 0.481 e. The maximum absolute atomic E-state index is 12.2. The number of amides is 2. The number of piperidine rings is 1. The molecule has 1 saturated heterocycles. The fraction of sp³-hybridized carbons (Fsp3) is 0.875. The number of likely N-dealkylation sites (tertiary alicyclic amines) is 1. The molecule has 0 bridgehead atoms. The Morgan fingerprint density at radius 2 is 2.14 bits per heavy atom. The average Bonchev–Trinajstić information content (AvgIpc) is 2.46. The fourth-order valence-corrected chi connectivity index (χ4v) is 2.95. The molecule has 2 atom stereocenters. The fourth-order valence-electron chi connectivity index (χ4n) is 2.95. The summed E-state index contributed by atoms with van der Waals surface area (Å²) in [6.45, 7) is 6.39. The highest BCUT2D eigenvalue weighted by molar-refractivity contribution is 5.74. The van der Waals surface area contributed by atoms with Crippen LogP contribution in [0, 0.1) is 11.8 Å². The number of urea groups is 1. The third-order valence-electron chi connectivity index (χ3n) is 4.35. The molecule has 1 aliphatic heterocycles. The Labute approximate surface area is 128 Å². The Kier molecular flexibility index (Phi) is 8.16. The van der Waals surface area contributed by atoms with Gasteiger partial charge >= 0.3 is 12.0 Å². The summed E-state index contributed by atoms with van der Waals surface area (Å²) in [6.07, 6.45) is 6.61. The number of carbonyl (C=O) groups excluding carboxylic acids is 1. The molecule has 0 spiro atoms. The van der Waals surface area contributed by atoms with Crippen LogP contribution < -0.4 is 5.32 Å². The number of carboxylic acid groups (broad SMARTS) is 1. The first-order valence-electron chi connectivity index (χ1n) is 8.31. The molecule has 2 unspecified atom stereocenters. The highest BCUT2D eigenvalue weighted by atomic mass is 16.4. The van der Waals surface area contributed by atoms with E-state index < -0.39 is 5.97 Å². The van der Waals surface area contributed by atoms with Gasteiger partial charge in [-0.2, -0.15) is 0 Å². The quantitative estimate of drug-likeness (QED) is 0.723. The first kappa shape index (κ1) is 17.8. The topological polar surface area (TPSA) is 69.6 Å². The third kappa shape index (κ3) is 6.82. The van der Waals surface area contributed by atoms with Crippen molar-refractivity contribution in [1.82, 2.24) is 10.2 Å². The zero-order valence-electron chi connectivity index (χ0n) is 13.4. The summed E-state index contributed by atoms with van der Waals surface area (Å²) in [5.74, 6) is -0.120. The number of unbranched alkanes of at least 4 members (excludes halogenated alkanes) is 1. The summed E-state index contributed by atoms with van der Waals surface area (Å²) in [7, 11) is 0. The summed E-state index contributed by atoms with van der Waals surface area (Å²) in [5, 5.41) is 11.9. The van der Waals surface area contributed by atoms with Crippen molar-refractivity contribution in [3.05, 3.63) is 0 Å². The first-order valence-corrected chi connectivity index (χ1v) is 8.31. The second-order valence-corrected chi connectivity index (χ2v) is 6.15. The summed E-state index contributed by atoms with van der Waals surface area (Å²) >= 11 is 0. The van der Waals surface area contributed by atoms with Crippen LogP contribution in [0.1, 0.15) is 58.8 Å². The smallest absolute Gasteiger partial charge is 0.317 e. The molecule has 0 saturated carbocycles. The maximum Gasteiger partial charge on any atom is 0.317 e. The predicted molar refractivity (Wildman–Crippen MR) is 83.3 cm³/mol. The SMILES string of the molecule is CCCCC(CC)CNC(=O)N1CCCC(CC(=O)O)C1.